The molecule has 148 valence electrons. The summed E-state index contributed by atoms with van der Waals surface area (Å²) in [5.41, 5.74) is 4.04. The van der Waals surface area contributed by atoms with Gasteiger partial charge in [-0.15, -0.1) is 11.3 Å². The lowest BCUT2D eigenvalue weighted by atomic mass is 10.0. The molecule has 0 bridgehead atoms. The minimum atomic E-state index is -0.647. The lowest BCUT2D eigenvalue weighted by molar-refractivity contribution is 0.319. The zero-order valence-corrected chi connectivity index (χ0v) is 17.0. The van der Waals surface area contributed by atoms with Gasteiger partial charge < -0.3 is 0 Å². The molecule has 4 rings (SSSR count). The molecule has 0 saturated heterocycles. The average Bonchev–Trinajstić information content (AvgIpc) is 3.32. The van der Waals surface area contributed by atoms with Gasteiger partial charge in [0, 0.05) is 41.5 Å². The van der Waals surface area contributed by atoms with Gasteiger partial charge >= 0.3 is 0 Å². The normalized spacial score (nSPS) is 11.3. The summed E-state index contributed by atoms with van der Waals surface area (Å²) in [7, 11) is 2.01. The molecule has 2 heterocycles. The van der Waals surface area contributed by atoms with Crippen molar-refractivity contribution in [3.63, 3.8) is 0 Å². The van der Waals surface area contributed by atoms with Crippen molar-refractivity contribution in [2.24, 2.45) is 0 Å². The summed E-state index contributed by atoms with van der Waals surface area (Å²) in [6, 6.07) is 11.5. The van der Waals surface area contributed by atoms with E-state index in [0.717, 1.165) is 33.5 Å². The molecule has 0 aliphatic heterocycles. The number of hydrogen-bond donors (Lipinski definition) is 0. The fourth-order valence-corrected chi connectivity index (χ4v) is 3.99. The maximum absolute atomic E-state index is 14.4. The van der Waals surface area contributed by atoms with Crippen LogP contribution in [0.3, 0.4) is 0 Å². The van der Waals surface area contributed by atoms with Gasteiger partial charge in [0.2, 0.25) is 0 Å². The predicted octanol–water partition coefficient (Wildman–Crippen LogP) is 5.21. The second-order valence-electron chi connectivity index (χ2n) is 6.96. The molecule has 0 radical (unpaired) electrons. The van der Waals surface area contributed by atoms with Crippen LogP contribution in [0.2, 0.25) is 0 Å². The van der Waals surface area contributed by atoms with E-state index in [9.17, 15) is 8.78 Å². The smallest absolute Gasteiger partial charge is 0.151 e. The van der Waals surface area contributed by atoms with Gasteiger partial charge in [0.05, 0.1) is 12.2 Å². The molecule has 0 aliphatic carbocycles. The van der Waals surface area contributed by atoms with Crippen molar-refractivity contribution in [2.75, 3.05) is 7.05 Å². The van der Waals surface area contributed by atoms with Crippen molar-refractivity contribution in [2.45, 2.75) is 20.0 Å². The number of hydrogen-bond acceptors (Lipinski definition) is 4. The van der Waals surface area contributed by atoms with E-state index < -0.39 is 11.6 Å². The zero-order chi connectivity index (χ0) is 20.4. The fourth-order valence-electron chi connectivity index (χ4n) is 3.29. The Kier molecular flexibility index (Phi) is 5.51. The van der Waals surface area contributed by atoms with Gasteiger partial charge in [0.25, 0.3) is 0 Å². The summed E-state index contributed by atoms with van der Waals surface area (Å²) in [5.74, 6) is -1.26. The van der Waals surface area contributed by atoms with E-state index in [-0.39, 0.29) is 5.69 Å². The third kappa shape index (κ3) is 4.26. The van der Waals surface area contributed by atoms with Crippen molar-refractivity contribution in [3.05, 3.63) is 88.0 Å². The summed E-state index contributed by atoms with van der Waals surface area (Å²) < 4.78 is 29.2. The lowest BCUT2D eigenvalue weighted by Crippen LogP contribution is -2.17. The Morgan fingerprint density at radius 1 is 1.10 bits per heavy atom. The van der Waals surface area contributed by atoms with Crippen LogP contribution in [0.5, 0.6) is 0 Å². The molecule has 0 spiro atoms. The van der Waals surface area contributed by atoms with Crippen molar-refractivity contribution in [3.8, 4) is 16.9 Å². The van der Waals surface area contributed by atoms with E-state index >= 15 is 0 Å². The SMILES string of the molecule is Cc1ccccc1-c1nn(-c2ccc(F)cc2F)cc1CN(C)Cc1nccs1. The number of halogens is 2. The molecule has 0 saturated carbocycles. The van der Waals surface area contributed by atoms with E-state index in [1.54, 1.807) is 17.5 Å². The van der Waals surface area contributed by atoms with Crippen LogP contribution in [0.15, 0.2) is 60.2 Å². The first-order valence-electron chi connectivity index (χ1n) is 9.18. The fraction of sp³-hybridized carbons (Fsp3) is 0.182. The van der Waals surface area contributed by atoms with Gasteiger partial charge in [-0.25, -0.2) is 18.4 Å². The van der Waals surface area contributed by atoms with Gasteiger partial charge in [-0.05, 0) is 31.7 Å². The Labute approximate surface area is 172 Å². The number of nitrogens with zero attached hydrogens (tertiary/aromatic N) is 4. The summed E-state index contributed by atoms with van der Waals surface area (Å²) in [6.07, 6.45) is 3.61. The highest BCUT2D eigenvalue weighted by Crippen LogP contribution is 2.28. The minimum absolute atomic E-state index is 0.218. The highest BCUT2D eigenvalue weighted by atomic mass is 32.1. The van der Waals surface area contributed by atoms with Crippen molar-refractivity contribution < 1.29 is 8.78 Å². The molecule has 0 unspecified atom stereocenters. The van der Waals surface area contributed by atoms with Crippen LogP contribution in [0, 0.1) is 18.6 Å². The molecular formula is C22H20F2N4S. The first-order valence-corrected chi connectivity index (χ1v) is 10.1. The van der Waals surface area contributed by atoms with Crippen LogP contribution < -0.4 is 0 Å². The van der Waals surface area contributed by atoms with Gasteiger partial charge in [-0.3, -0.25) is 4.90 Å². The molecule has 0 amide bonds. The van der Waals surface area contributed by atoms with Crippen LogP contribution in [0.4, 0.5) is 8.78 Å². The van der Waals surface area contributed by atoms with E-state index in [2.05, 4.69) is 15.0 Å². The highest BCUT2D eigenvalue weighted by Gasteiger charge is 2.17. The summed E-state index contributed by atoms with van der Waals surface area (Å²) in [5, 5.41) is 7.65. The van der Waals surface area contributed by atoms with Gasteiger partial charge in [-0.2, -0.15) is 5.10 Å². The molecule has 2 aromatic carbocycles. The molecule has 0 aliphatic rings. The van der Waals surface area contributed by atoms with Crippen molar-refractivity contribution in [1.82, 2.24) is 19.7 Å². The minimum Gasteiger partial charge on any atom is -0.295 e. The molecule has 4 aromatic rings. The Morgan fingerprint density at radius 2 is 1.93 bits per heavy atom. The van der Waals surface area contributed by atoms with Gasteiger partial charge in [0.1, 0.15) is 16.5 Å². The average molecular weight is 410 g/mol. The van der Waals surface area contributed by atoms with Crippen molar-refractivity contribution in [1.29, 1.82) is 0 Å². The van der Waals surface area contributed by atoms with Crippen LogP contribution in [0.25, 0.3) is 16.9 Å². The van der Waals surface area contributed by atoms with Crippen LogP contribution in [-0.2, 0) is 13.1 Å². The summed E-state index contributed by atoms with van der Waals surface area (Å²) in [6.45, 7) is 3.35. The Balaban J connectivity index is 1.73. The molecule has 2 aromatic heterocycles. The number of thiazole rings is 1. The van der Waals surface area contributed by atoms with Gasteiger partial charge in [-0.1, -0.05) is 24.3 Å². The molecule has 0 atom stereocenters. The Hall–Kier alpha value is -2.90. The molecule has 0 N–H and O–H groups in total. The molecule has 29 heavy (non-hydrogen) atoms. The zero-order valence-electron chi connectivity index (χ0n) is 16.1. The molecule has 7 heteroatoms. The van der Waals surface area contributed by atoms with E-state index in [4.69, 9.17) is 0 Å². The first kappa shape index (κ1) is 19.4. The quantitative estimate of drug-likeness (QED) is 0.437. The maximum Gasteiger partial charge on any atom is 0.151 e. The number of rotatable bonds is 6. The standard InChI is InChI=1S/C22H20F2N4S/c1-15-5-3-4-6-18(15)22-16(12-27(2)14-21-25-9-10-29-21)13-28(26-22)20-8-7-17(23)11-19(20)24/h3-11,13H,12,14H2,1-2H3. The topological polar surface area (TPSA) is 34.0 Å². The van der Waals surface area contributed by atoms with Crippen LogP contribution >= 0.6 is 11.3 Å². The lowest BCUT2D eigenvalue weighted by Gasteiger charge is -2.15. The van der Waals surface area contributed by atoms with Crippen molar-refractivity contribution >= 4 is 11.3 Å². The van der Waals surface area contributed by atoms with Crippen LogP contribution in [-0.4, -0.2) is 26.7 Å². The highest BCUT2D eigenvalue weighted by molar-refractivity contribution is 7.09. The van der Waals surface area contributed by atoms with Crippen LogP contribution in [0.1, 0.15) is 16.1 Å². The van der Waals surface area contributed by atoms with E-state index in [0.29, 0.717) is 13.1 Å². The summed E-state index contributed by atoms with van der Waals surface area (Å²) in [4.78, 5) is 6.48. The monoisotopic (exact) mass is 410 g/mol. The van der Waals surface area contributed by atoms with E-state index in [1.807, 2.05) is 49.8 Å². The first-order chi connectivity index (χ1) is 14.0. The number of aromatic nitrogens is 3. The van der Waals surface area contributed by atoms with E-state index in [1.165, 1.54) is 16.8 Å². The number of benzene rings is 2. The number of aryl methyl sites for hydroxylation is 1. The third-order valence-electron chi connectivity index (χ3n) is 4.68. The molecular weight excluding hydrogens is 390 g/mol. The second-order valence-corrected chi connectivity index (χ2v) is 7.94. The maximum atomic E-state index is 14.4. The second kappa shape index (κ2) is 8.23. The molecule has 0 fully saturated rings. The largest absolute Gasteiger partial charge is 0.295 e. The third-order valence-corrected chi connectivity index (χ3v) is 5.44. The Bertz CT molecular complexity index is 1120. The van der Waals surface area contributed by atoms with Gasteiger partial charge in [0.15, 0.2) is 5.82 Å². The Morgan fingerprint density at radius 3 is 2.66 bits per heavy atom. The predicted molar refractivity (Wildman–Crippen MR) is 111 cm³/mol. The molecule has 4 nitrogen and oxygen atoms in total. The summed E-state index contributed by atoms with van der Waals surface area (Å²) >= 11 is 1.61.